The summed E-state index contributed by atoms with van der Waals surface area (Å²) < 4.78 is 0. The molecule has 6 nitrogen and oxygen atoms in total. The molecule has 48 heavy (non-hydrogen) atoms. The number of rotatable bonds is 7. The fourth-order valence-corrected chi connectivity index (χ4v) is 5.70. The first-order chi connectivity index (χ1) is 23.8. The Morgan fingerprint density at radius 2 is 0.625 bits per heavy atom. The summed E-state index contributed by atoms with van der Waals surface area (Å²) in [5.74, 6) is 2.04. The van der Waals surface area contributed by atoms with Gasteiger partial charge in [-0.2, -0.15) is 0 Å². The molecule has 0 saturated carbocycles. The van der Waals surface area contributed by atoms with E-state index in [4.69, 9.17) is 9.97 Å². The first-order valence-electron chi connectivity index (χ1n) is 15.7. The largest absolute Gasteiger partial charge is 0.237 e. The molecule has 0 atom stereocenters. The van der Waals surface area contributed by atoms with Crippen LogP contribution in [0.1, 0.15) is 0 Å². The molecule has 5 aromatic carbocycles. The molecule has 3 aromatic heterocycles. The van der Waals surface area contributed by atoms with Gasteiger partial charge in [-0.05, 0) is 58.7 Å². The molecule has 0 amide bonds. The van der Waals surface area contributed by atoms with E-state index in [-0.39, 0.29) is 0 Å². The van der Waals surface area contributed by atoms with Crippen LogP contribution in [0.5, 0.6) is 0 Å². The maximum absolute atomic E-state index is 5.13. The number of hydrogen-bond donors (Lipinski definition) is 0. The van der Waals surface area contributed by atoms with Crippen molar-refractivity contribution in [2.24, 2.45) is 0 Å². The predicted octanol–water partition coefficient (Wildman–Crippen LogP) is 9.73. The molecule has 0 aliphatic rings. The van der Waals surface area contributed by atoms with Gasteiger partial charge in [0.1, 0.15) is 0 Å². The van der Waals surface area contributed by atoms with Crippen LogP contribution in [0, 0.1) is 0 Å². The van der Waals surface area contributed by atoms with Crippen LogP contribution in [0.3, 0.4) is 0 Å². The van der Waals surface area contributed by atoms with Crippen LogP contribution in [0.15, 0.2) is 170 Å². The van der Waals surface area contributed by atoms with E-state index in [0.717, 1.165) is 61.5 Å². The lowest BCUT2D eigenvalue weighted by Gasteiger charge is -2.13. The van der Waals surface area contributed by atoms with Crippen molar-refractivity contribution in [2.45, 2.75) is 0 Å². The molecule has 8 rings (SSSR count). The smallest absolute Gasteiger partial charge is 0.160 e. The molecule has 0 radical (unpaired) electrons. The summed E-state index contributed by atoms with van der Waals surface area (Å²) in [7, 11) is 0. The predicted molar refractivity (Wildman–Crippen MR) is 191 cm³/mol. The van der Waals surface area contributed by atoms with Crippen LogP contribution in [0.4, 0.5) is 0 Å². The molecule has 0 saturated heterocycles. The van der Waals surface area contributed by atoms with Crippen LogP contribution >= 0.6 is 0 Å². The van der Waals surface area contributed by atoms with Gasteiger partial charge in [-0.1, -0.05) is 109 Å². The molecule has 0 aliphatic heterocycles. The lowest BCUT2D eigenvalue weighted by atomic mass is 9.94. The Hall–Kier alpha value is -6.66. The van der Waals surface area contributed by atoms with Crippen molar-refractivity contribution in [3.63, 3.8) is 0 Å². The topological polar surface area (TPSA) is 77.3 Å². The number of nitrogens with zero attached hydrogens (tertiary/aromatic N) is 6. The van der Waals surface area contributed by atoms with E-state index in [1.54, 1.807) is 24.8 Å². The second kappa shape index (κ2) is 13.0. The molecule has 3 heterocycles. The minimum absolute atomic E-state index is 0.655. The van der Waals surface area contributed by atoms with Crippen molar-refractivity contribution in [1.29, 1.82) is 0 Å². The van der Waals surface area contributed by atoms with Crippen LogP contribution in [-0.2, 0) is 0 Å². The Labute approximate surface area is 278 Å². The maximum atomic E-state index is 5.13. The zero-order valence-corrected chi connectivity index (χ0v) is 25.8. The van der Waals surface area contributed by atoms with E-state index in [2.05, 4.69) is 117 Å². The van der Waals surface area contributed by atoms with Crippen molar-refractivity contribution in [3.05, 3.63) is 170 Å². The van der Waals surface area contributed by atoms with Crippen LogP contribution in [0.2, 0.25) is 0 Å². The van der Waals surface area contributed by atoms with Crippen LogP contribution in [0.25, 0.3) is 78.9 Å². The third kappa shape index (κ3) is 6.10. The maximum Gasteiger partial charge on any atom is 0.160 e. The molecular formula is C42H28N6. The van der Waals surface area contributed by atoms with E-state index in [0.29, 0.717) is 17.5 Å². The summed E-state index contributed by atoms with van der Waals surface area (Å²) in [6.07, 6.45) is 7.03. The van der Waals surface area contributed by atoms with E-state index in [1.165, 1.54) is 0 Å². The van der Waals surface area contributed by atoms with Crippen LogP contribution < -0.4 is 0 Å². The van der Waals surface area contributed by atoms with Crippen molar-refractivity contribution in [2.75, 3.05) is 0 Å². The summed E-state index contributed by atoms with van der Waals surface area (Å²) in [5.41, 5.74) is 10.9. The second-order valence-corrected chi connectivity index (χ2v) is 11.3. The van der Waals surface area contributed by atoms with Crippen molar-refractivity contribution < 1.29 is 0 Å². The molecule has 8 aromatic rings. The van der Waals surface area contributed by atoms with E-state index in [9.17, 15) is 0 Å². The van der Waals surface area contributed by atoms with Crippen molar-refractivity contribution in [1.82, 2.24) is 29.9 Å². The summed E-state index contributed by atoms with van der Waals surface area (Å²) >= 11 is 0. The van der Waals surface area contributed by atoms with Gasteiger partial charge in [-0.3, -0.25) is 0 Å². The lowest BCUT2D eigenvalue weighted by Crippen LogP contribution is -1.97. The third-order valence-corrected chi connectivity index (χ3v) is 8.14. The van der Waals surface area contributed by atoms with Gasteiger partial charge in [0.2, 0.25) is 0 Å². The molecular weight excluding hydrogens is 589 g/mol. The molecule has 0 spiro atoms. The average molecular weight is 617 g/mol. The Balaban J connectivity index is 1.28. The SMILES string of the molecule is c1ccc(-c2cc(-c3ccccc3)nc(-c3cc(-c4ccc(-c5ncccn5)cc4)cc(-c4ccc(-c5ncccn5)cc4)c3)n2)cc1. The van der Waals surface area contributed by atoms with E-state index < -0.39 is 0 Å². The monoisotopic (exact) mass is 616 g/mol. The van der Waals surface area contributed by atoms with Gasteiger partial charge in [-0.25, -0.2) is 29.9 Å². The summed E-state index contributed by atoms with van der Waals surface area (Å²) in [5, 5.41) is 0. The van der Waals surface area contributed by atoms with E-state index in [1.807, 2.05) is 48.5 Å². The number of benzene rings is 5. The highest BCUT2D eigenvalue weighted by molar-refractivity contribution is 5.82. The number of aromatic nitrogens is 6. The molecule has 0 bridgehead atoms. The Morgan fingerprint density at radius 1 is 0.250 bits per heavy atom. The average Bonchev–Trinajstić information content (AvgIpc) is 3.19. The fourth-order valence-electron chi connectivity index (χ4n) is 5.70. The van der Waals surface area contributed by atoms with Gasteiger partial charge >= 0.3 is 0 Å². The minimum atomic E-state index is 0.655. The van der Waals surface area contributed by atoms with Gasteiger partial charge in [0.05, 0.1) is 11.4 Å². The van der Waals surface area contributed by atoms with Crippen molar-refractivity contribution in [3.8, 4) is 78.9 Å². The van der Waals surface area contributed by atoms with Gasteiger partial charge in [0.15, 0.2) is 17.5 Å². The molecule has 0 unspecified atom stereocenters. The van der Waals surface area contributed by atoms with Gasteiger partial charge in [-0.15, -0.1) is 0 Å². The quantitative estimate of drug-likeness (QED) is 0.177. The molecule has 226 valence electrons. The normalized spacial score (nSPS) is 10.9. The highest BCUT2D eigenvalue weighted by Gasteiger charge is 2.14. The fraction of sp³-hybridized carbons (Fsp3) is 0. The Bertz CT molecular complexity index is 2130. The second-order valence-electron chi connectivity index (χ2n) is 11.3. The molecule has 0 fully saturated rings. The molecule has 0 aliphatic carbocycles. The summed E-state index contributed by atoms with van der Waals surface area (Å²) in [6.45, 7) is 0. The highest BCUT2D eigenvalue weighted by Crippen LogP contribution is 2.35. The first-order valence-corrected chi connectivity index (χ1v) is 15.7. The van der Waals surface area contributed by atoms with E-state index >= 15 is 0 Å². The summed E-state index contributed by atoms with van der Waals surface area (Å²) in [4.78, 5) is 27.9. The Kier molecular flexibility index (Phi) is 7.79. The first kappa shape index (κ1) is 28.8. The van der Waals surface area contributed by atoms with Gasteiger partial charge in [0.25, 0.3) is 0 Å². The van der Waals surface area contributed by atoms with Gasteiger partial charge < -0.3 is 0 Å². The zero-order valence-electron chi connectivity index (χ0n) is 25.8. The highest BCUT2D eigenvalue weighted by atomic mass is 14.9. The summed E-state index contributed by atoms with van der Waals surface area (Å²) in [6, 6.07) is 49.5. The molecule has 0 N–H and O–H groups in total. The Morgan fingerprint density at radius 3 is 1.04 bits per heavy atom. The standard InChI is InChI=1S/C42H28N6/c1-3-9-31(10-4-1)38-28-39(32-11-5-2-6-12-32)48-42(47-38)37-26-35(29-13-17-33(18-14-29)40-43-21-7-22-44-40)25-36(27-37)30-15-19-34(20-16-30)41-45-23-8-24-46-41/h1-28H. The minimum Gasteiger partial charge on any atom is -0.237 e. The third-order valence-electron chi connectivity index (χ3n) is 8.14. The van der Waals surface area contributed by atoms with Crippen molar-refractivity contribution >= 4 is 0 Å². The van der Waals surface area contributed by atoms with Gasteiger partial charge in [0, 0.05) is 52.6 Å². The number of hydrogen-bond acceptors (Lipinski definition) is 6. The van der Waals surface area contributed by atoms with Crippen LogP contribution in [-0.4, -0.2) is 29.9 Å². The lowest BCUT2D eigenvalue weighted by molar-refractivity contribution is 1.18. The zero-order chi connectivity index (χ0) is 32.1. The molecule has 6 heteroatoms.